The molecule has 1 unspecified atom stereocenters. The summed E-state index contributed by atoms with van der Waals surface area (Å²) in [6.45, 7) is 8.88. The van der Waals surface area contributed by atoms with E-state index in [2.05, 4.69) is 6.07 Å². The van der Waals surface area contributed by atoms with Crippen molar-refractivity contribution in [3.05, 3.63) is 35.9 Å². The summed E-state index contributed by atoms with van der Waals surface area (Å²) in [5, 5.41) is 9.41. The molecule has 1 aromatic rings. The Labute approximate surface area is 126 Å². The number of hydrogen-bond acceptors (Lipinski definition) is 3. The number of carbonyl (C=O) groups is 1. The molecule has 1 aliphatic rings. The van der Waals surface area contributed by atoms with Crippen LogP contribution in [0.5, 0.6) is 0 Å². The van der Waals surface area contributed by atoms with E-state index in [1.165, 1.54) is 0 Å². The van der Waals surface area contributed by atoms with Crippen molar-refractivity contribution in [2.75, 3.05) is 13.1 Å². The first-order chi connectivity index (χ1) is 9.74. The van der Waals surface area contributed by atoms with Gasteiger partial charge in [0, 0.05) is 13.1 Å². The highest BCUT2D eigenvalue weighted by atomic mass is 16.5. The zero-order chi connectivity index (χ0) is 15.7. The van der Waals surface area contributed by atoms with Gasteiger partial charge < -0.3 is 9.64 Å². The highest BCUT2D eigenvalue weighted by Crippen LogP contribution is 2.30. The summed E-state index contributed by atoms with van der Waals surface area (Å²) in [7, 11) is 0. The topological polar surface area (TPSA) is 53.3 Å². The van der Waals surface area contributed by atoms with Crippen molar-refractivity contribution in [3.63, 3.8) is 0 Å². The number of benzene rings is 1. The van der Waals surface area contributed by atoms with E-state index in [0.717, 1.165) is 5.56 Å². The minimum Gasteiger partial charge on any atom is -0.366 e. The van der Waals surface area contributed by atoms with Gasteiger partial charge in [-0.15, -0.1) is 0 Å². The second kappa shape index (κ2) is 5.50. The van der Waals surface area contributed by atoms with Gasteiger partial charge in [-0.05, 0) is 33.3 Å². The van der Waals surface area contributed by atoms with Crippen molar-refractivity contribution in [2.24, 2.45) is 0 Å². The maximum atomic E-state index is 12.8. The van der Waals surface area contributed by atoms with Crippen molar-refractivity contribution in [1.82, 2.24) is 4.90 Å². The van der Waals surface area contributed by atoms with Crippen LogP contribution in [0.25, 0.3) is 0 Å². The molecule has 0 aromatic heterocycles. The lowest BCUT2D eigenvalue weighted by Crippen LogP contribution is -2.59. The maximum absolute atomic E-state index is 12.8. The van der Waals surface area contributed by atoms with Gasteiger partial charge in [0.2, 0.25) is 5.91 Å². The largest absolute Gasteiger partial charge is 0.366 e. The molecular weight excluding hydrogens is 264 g/mol. The van der Waals surface area contributed by atoms with E-state index in [4.69, 9.17) is 4.74 Å². The number of hydrogen-bond donors (Lipinski definition) is 0. The van der Waals surface area contributed by atoms with Gasteiger partial charge in [-0.2, -0.15) is 5.26 Å². The van der Waals surface area contributed by atoms with Crippen molar-refractivity contribution in [1.29, 1.82) is 5.26 Å². The van der Waals surface area contributed by atoms with Crippen LogP contribution < -0.4 is 0 Å². The molecule has 2 rings (SSSR count). The minimum absolute atomic E-state index is 0.145. The molecule has 4 heteroatoms. The van der Waals surface area contributed by atoms with E-state index in [1.807, 2.05) is 58.0 Å². The first kappa shape index (κ1) is 15.5. The molecule has 112 valence electrons. The normalized spacial score (nSPS) is 21.4. The summed E-state index contributed by atoms with van der Waals surface area (Å²) in [4.78, 5) is 14.5. The van der Waals surface area contributed by atoms with Gasteiger partial charge in [0.15, 0.2) is 0 Å². The Morgan fingerprint density at radius 2 is 1.71 bits per heavy atom. The van der Waals surface area contributed by atoms with Crippen LogP contribution in [0.2, 0.25) is 0 Å². The molecule has 4 nitrogen and oxygen atoms in total. The number of nitriles is 1. The smallest absolute Gasteiger partial charge is 0.244 e. The number of rotatable bonds is 2. The van der Waals surface area contributed by atoms with E-state index < -0.39 is 17.1 Å². The fraction of sp³-hybridized carbons (Fsp3) is 0.529. The average molecular weight is 286 g/mol. The second-order valence-corrected chi connectivity index (χ2v) is 6.79. The first-order valence-electron chi connectivity index (χ1n) is 7.18. The molecule has 1 heterocycles. The molecule has 0 bridgehead atoms. The summed E-state index contributed by atoms with van der Waals surface area (Å²) in [6, 6.07) is 11.4. The van der Waals surface area contributed by atoms with Crippen LogP contribution in [0.15, 0.2) is 30.3 Å². The molecule has 1 amide bonds. The Kier molecular flexibility index (Phi) is 4.06. The molecule has 1 saturated heterocycles. The minimum atomic E-state index is -0.754. The molecule has 0 aliphatic carbocycles. The monoisotopic (exact) mass is 286 g/mol. The predicted octanol–water partition coefficient (Wildman–Crippen LogP) is 2.71. The van der Waals surface area contributed by atoms with E-state index in [0.29, 0.717) is 13.1 Å². The summed E-state index contributed by atoms with van der Waals surface area (Å²) in [5.74, 6) is -0.899. The number of ether oxygens (including phenoxy) is 1. The predicted molar refractivity (Wildman–Crippen MR) is 80.6 cm³/mol. The van der Waals surface area contributed by atoms with Gasteiger partial charge in [0.25, 0.3) is 0 Å². The first-order valence-corrected chi connectivity index (χ1v) is 7.18. The van der Waals surface area contributed by atoms with Crippen molar-refractivity contribution >= 4 is 5.91 Å². The van der Waals surface area contributed by atoms with Gasteiger partial charge in [-0.1, -0.05) is 30.3 Å². The lowest BCUT2D eigenvalue weighted by atomic mass is 9.94. The Morgan fingerprint density at radius 3 is 2.19 bits per heavy atom. The van der Waals surface area contributed by atoms with Gasteiger partial charge in [0.1, 0.15) is 5.92 Å². The molecule has 0 saturated carbocycles. The van der Waals surface area contributed by atoms with Crippen LogP contribution in [0.3, 0.4) is 0 Å². The van der Waals surface area contributed by atoms with Crippen molar-refractivity contribution < 1.29 is 9.53 Å². The number of carbonyl (C=O) groups excluding carboxylic acids is 1. The summed E-state index contributed by atoms with van der Waals surface area (Å²) in [6.07, 6.45) is 0. The van der Waals surface area contributed by atoms with Gasteiger partial charge in [-0.25, -0.2) is 0 Å². The van der Waals surface area contributed by atoms with E-state index in [9.17, 15) is 10.1 Å². The molecule has 1 fully saturated rings. The van der Waals surface area contributed by atoms with Gasteiger partial charge in [-0.3, -0.25) is 4.79 Å². The fourth-order valence-corrected chi connectivity index (χ4v) is 3.04. The zero-order valence-electron chi connectivity index (χ0n) is 13.1. The Hall–Kier alpha value is -1.86. The molecule has 1 aliphatic heterocycles. The Balaban J connectivity index is 2.24. The van der Waals surface area contributed by atoms with E-state index in [-0.39, 0.29) is 5.91 Å². The van der Waals surface area contributed by atoms with Crippen LogP contribution in [-0.2, 0) is 9.53 Å². The van der Waals surface area contributed by atoms with Crippen LogP contribution in [-0.4, -0.2) is 35.1 Å². The number of morpholine rings is 1. The summed E-state index contributed by atoms with van der Waals surface area (Å²) >= 11 is 0. The van der Waals surface area contributed by atoms with Crippen LogP contribution in [0.4, 0.5) is 0 Å². The second-order valence-electron chi connectivity index (χ2n) is 6.79. The quantitative estimate of drug-likeness (QED) is 0.840. The third kappa shape index (κ3) is 3.62. The van der Waals surface area contributed by atoms with Crippen LogP contribution in [0.1, 0.15) is 39.2 Å². The highest BCUT2D eigenvalue weighted by molar-refractivity contribution is 5.86. The zero-order valence-corrected chi connectivity index (χ0v) is 13.1. The molecule has 1 atom stereocenters. The lowest BCUT2D eigenvalue weighted by Gasteiger charge is -2.47. The van der Waals surface area contributed by atoms with Crippen LogP contribution >= 0.6 is 0 Å². The van der Waals surface area contributed by atoms with Crippen molar-refractivity contribution in [2.45, 2.75) is 44.8 Å². The SMILES string of the molecule is CC1(C)CN(C(=O)C(C#N)c2ccccc2)CC(C)(C)O1. The molecule has 0 spiro atoms. The Bertz CT molecular complexity index is 542. The van der Waals surface area contributed by atoms with E-state index >= 15 is 0 Å². The van der Waals surface area contributed by atoms with Gasteiger partial charge >= 0.3 is 0 Å². The molecule has 21 heavy (non-hydrogen) atoms. The standard InChI is InChI=1S/C17H22N2O2/c1-16(2)11-19(12-17(3,4)21-16)15(20)14(10-18)13-8-6-5-7-9-13/h5-9,14H,11-12H2,1-4H3. The highest BCUT2D eigenvalue weighted by Gasteiger charge is 2.41. The summed E-state index contributed by atoms with van der Waals surface area (Å²) < 4.78 is 5.98. The molecule has 0 N–H and O–H groups in total. The van der Waals surface area contributed by atoms with Crippen LogP contribution in [0, 0.1) is 11.3 Å². The third-order valence-electron chi connectivity index (χ3n) is 3.52. The summed E-state index contributed by atoms with van der Waals surface area (Å²) in [5.41, 5.74) is -0.0746. The number of nitrogens with zero attached hydrogens (tertiary/aromatic N) is 2. The number of amides is 1. The Morgan fingerprint density at radius 1 is 1.19 bits per heavy atom. The van der Waals surface area contributed by atoms with Crippen molar-refractivity contribution in [3.8, 4) is 6.07 Å². The molecular formula is C17H22N2O2. The third-order valence-corrected chi connectivity index (χ3v) is 3.52. The fourth-order valence-electron chi connectivity index (χ4n) is 3.04. The molecule has 0 radical (unpaired) electrons. The molecule has 1 aromatic carbocycles. The van der Waals surface area contributed by atoms with Gasteiger partial charge in [0.05, 0.1) is 17.3 Å². The maximum Gasteiger partial charge on any atom is 0.244 e. The lowest BCUT2D eigenvalue weighted by molar-refractivity contribution is -0.188. The average Bonchev–Trinajstić information content (AvgIpc) is 2.37. The van der Waals surface area contributed by atoms with E-state index in [1.54, 1.807) is 4.90 Å².